The predicted octanol–water partition coefficient (Wildman–Crippen LogP) is 2.80. The summed E-state index contributed by atoms with van der Waals surface area (Å²) in [6.07, 6.45) is 3.69. The summed E-state index contributed by atoms with van der Waals surface area (Å²) in [6, 6.07) is 0.338. The van der Waals surface area contributed by atoms with E-state index in [2.05, 4.69) is 17.2 Å². The fourth-order valence-corrected chi connectivity index (χ4v) is 3.07. The number of likely N-dealkylation sites (tertiary alicyclic amines) is 1. The van der Waals surface area contributed by atoms with Crippen molar-refractivity contribution in [3.05, 3.63) is 16.1 Å². The number of rotatable bonds is 4. The Hall–Kier alpha value is -1.14. The van der Waals surface area contributed by atoms with Crippen molar-refractivity contribution in [1.29, 1.82) is 0 Å². The lowest BCUT2D eigenvalue weighted by atomic mass is 10.2. The summed E-state index contributed by atoms with van der Waals surface area (Å²) in [5.41, 5.74) is -0.429. The zero-order valence-corrected chi connectivity index (χ0v) is 14.1. The minimum atomic E-state index is -0.429. The maximum Gasteiger partial charge on any atom is 0.410 e. The minimum absolute atomic E-state index is 0.210. The largest absolute Gasteiger partial charge is 0.444 e. The van der Waals surface area contributed by atoms with Gasteiger partial charge in [-0.2, -0.15) is 0 Å². The summed E-state index contributed by atoms with van der Waals surface area (Å²) in [7, 11) is 0. The van der Waals surface area contributed by atoms with Gasteiger partial charge in [-0.15, -0.1) is 11.3 Å². The van der Waals surface area contributed by atoms with Crippen molar-refractivity contribution < 1.29 is 9.53 Å². The number of nitrogens with one attached hydrogen (secondary N) is 1. The molecule has 1 aromatic heterocycles. The average molecular weight is 311 g/mol. The fraction of sp³-hybridized carbons (Fsp3) is 0.733. The smallest absolute Gasteiger partial charge is 0.410 e. The zero-order chi connectivity index (χ0) is 15.5. The van der Waals surface area contributed by atoms with Crippen LogP contribution in [-0.4, -0.2) is 40.7 Å². The van der Waals surface area contributed by atoms with E-state index in [0.717, 1.165) is 25.9 Å². The van der Waals surface area contributed by atoms with Crippen molar-refractivity contribution in [2.24, 2.45) is 0 Å². The molecule has 0 saturated carbocycles. The number of ether oxygens (including phenoxy) is 1. The summed E-state index contributed by atoms with van der Waals surface area (Å²) < 4.78 is 5.40. The topological polar surface area (TPSA) is 54.5 Å². The normalized spacial score (nSPS) is 19.0. The van der Waals surface area contributed by atoms with E-state index >= 15 is 0 Å². The molecule has 1 saturated heterocycles. The fourth-order valence-electron chi connectivity index (χ4n) is 2.26. The molecular formula is C15H25N3O2S. The van der Waals surface area contributed by atoms with Gasteiger partial charge in [0.2, 0.25) is 0 Å². The molecule has 1 fully saturated rings. The molecule has 21 heavy (non-hydrogen) atoms. The van der Waals surface area contributed by atoms with Crippen molar-refractivity contribution >= 4 is 17.4 Å². The summed E-state index contributed by atoms with van der Waals surface area (Å²) in [6.45, 7) is 10.1. The Morgan fingerprint density at radius 3 is 2.95 bits per heavy atom. The van der Waals surface area contributed by atoms with Crippen LogP contribution in [0.4, 0.5) is 4.79 Å². The van der Waals surface area contributed by atoms with Crippen LogP contribution in [0.2, 0.25) is 0 Å². The monoisotopic (exact) mass is 311 g/mol. The lowest BCUT2D eigenvalue weighted by Gasteiger charge is -2.24. The summed E-state index contributed by atoms with van der Waals surface area (Å²) in [5.74, 6) is 0. The summed E-state index contributed by atoms with van der Waals surface area (Å²) >= 11 is 1.75. The second kappa shape index (κ2) is 6.75. The van der Waals surface area contributed by atoms with E-state index in [1.165, 1.54) is 9.88 Å². The molecule has 6 heteroatoms. The van der Waals surface area contributed by atoms with Gasteiger partial charge in [-0.1, -0.05) is 6.92 Å². The SMILES string of the molecule is CCc1ncc(CNC2CCN(C(=O)OC(C)(C)C)C2)s1. The first kappa shape index (κ1) is 16.2. The van der Waals surface area contributed by atoms with Gasteiger partial charge in [-0.25, -0.2) is 9.78 Å². The Morgan fingerprint density at radius 2 is 2.33 bits per heavy atom. The highest BCUT2D eigenvalue weighted by molar-refractivity contribution is 7.11. The molecule has 2 rings (SSSR count). The van der Waals surface area contributed by atoms with Crippen LogP contribution in [-0.2, 0) is 17.7 Å². The predicted molar refractivity (Wildman–Crippen MR) is 84.5 cm³/mol. The third kappa shape index (κ3) is 4.97. The molecule has 0 spiro atoms. The molecule has 0 aliphatic carbocycles. The van der Waals surface area contributed by atoms with Gasteiger partial charge < -0.3 is 15.0 Å². The van der Waals surface area contributed by atoms with Gasteiger partial charge in [0, 0.05) is 36.8 Å². The van der Waals surface area contributed by atoms with E-state index in [1.54, 1.807) is 16.2 Å². The van der Waals surface area contributed by atoms with Crippen molar-refractivity contribution in [3.63, 3.8) is 0 Å². The molecule has 0 bridgehead atoms. The molecule has 1 atom stereocenters. The van der Waals surface area contributed by atoms with Crippen molar-refractivity contribution in [2.75, 3.05) is 13.1 Å². The van der Waals surface area contributed by atoms with Crippen molar-refractivity contribution in [2.45, 2.75) is 58.7 Å². The highest BCUT2D eigenvalue weighted by Gasteiger charge is 2.29. The second-order valence-electron chi connectivity index (χ2n) is 6.37. The summed E-state index contributed by atoms with van der Waals surface area (Å²) in [4.78, 5) is 19.4. The van der Waals surface area contributed by atoms with E-state index in [1.807, 2.05) is 27.0 Å². The van der Waals surface area contributed by atoms with Gasteiger partial charge in [0.15, 0.2) is 0 Å². The highest BCUT2D eigenvalue weighted by atomic mass is 32.1. The van der Waals surface area contributed by atoms with Gasteiger partial charge in [0.05, 0.1) is 5.01 Å². The zero-order valence-electron chi connectivity index (χ0n) is 13.3. The van der Waals surface area contributed by atoms with Crippen LogP contribution >= 0.6 is 11.3 Å². The maximum absolute atomic E-state index is 12.0. The van der Waals surface area contributed by atoms with Gasteiger partial charge in [0.1, 0.15) is 5.60 Å². The first-order valence-electron chi connectivity index (χ1n) is 7.52. The van der Waals surface area contributed by atoms with Crippen molar-refractivity contribution in [3.8, 4) is 0 Å². The lowest BCUT2D eigenvalue weighted by Crippen LogP contribution is -2.38. The Morgan fingerprint density at radius 1 is 1.57 bits per heavy atom. The first-order chi connectivity index (χ1) is 9.87. The van der Waals surface area contributed by atoms with Crippen LogP contribution < -0.4 is 5.32 Å². The molecule has 1 aromatic rings. The molecule has 0 radical (unpaired) electrons. The number of thiazole rings is 1. The van der Waals surface area contributed by atoms with E-state index < -0.39 is 5.60 Å². The number of hydrogen-bond donors (Lipinski definition) is 1. The minimum Gasteiger partial charge on any atom is -0.444 e. The Labute approximate surface area is 130 Å². The molecule has 2 heterocycles. The maximum atomic E-state index is 12.0. The van der Waals surface area contributed by atoms with E-state index in [0.29, 0.717) is 12.6 Å². The van der Waals surface area contributed by atoms with E-state index in [-0.39, 0.29) is 6.09 Å². The van der Waals surface area contributed by atoms with Crippen LogP contribution in [0.3, 0.4) is 0 Å². The molecule has 1 amide bonds. The molecule has 1 N–H and O–H groups in total. The third-order valence-corrected chi connectivity index (χ3v) is 4.45. The van der Waals surface area contributed by atoms with Gasteiger partial charge in [0.25, 0.3) is 0 Å². The standard InChI is InChI=1S/C15H25N3O2S/c1-5-13-17-9-12(21-13)8-16-11-6-7-18(10-11)14(19)20-15(2,3)4/h9,11,16H,5-8,10H2,1-4H3. The Bertz CT molecular complexity index is 482. The second-order valence-corrected chi connectivity index (χ2v) is 7.57. The van der Waals surface area contributed by atoms with E-state index in [4.69, 9.17) is 4.74 Å². The Balaban J connectivity index is 1.76. The molecule has 1 aliphatic heterocycles. The van der Waals surface area contributed by atoms with Crippen LogP contribution in [0.15, 0.2) is 6.20 Å². The summed E-state index contributed by atoms with van der Waals surface area (Å²) in [5, 5.41) is 4.68. The number of aromatic nitrogens is 1. The van der Waals surface area contributed by atoms with Crippen LogP contribution in [0.1, 0.15) is 44.0 Å². The molecule has 1 aliphatic rings. The average Bonchev–Trinajstić information content (AvgIpc) is 3.03. The van der Waals surface area contributed by atoms with Crippen LogP contribution in [0.5, 0.6) is 0 Å². The molecular weight excluding hydrogens is 286 g/mol. The van der Waals surface area contributed by atoms with Gasteiger partial charge in [-0.3, -0.25) is 0 Å². The molecule has 118 valence electrons. The number of carbonyl (C=O) groups is 1. The number of aryl methyl sites for hydroxylation is 1. The molecule has 0 aromatic carbocycles. The number of nitrogens with zero attached hydrogens (tertiary/aromatic N) is 2. The molecule has 5 nitrogen and oxygen atoms in total. The lowest BCUT2D eigenvalue weighted by molar-refractivity contribution is 0.0291. The third-order valence-electron chi connectivity index (χ3n) is 3.31. The highest BCUT2D eigenvalue weighted by Crippen LogP contribution is 2.17. The Kier molecular flexibility index (Phi) is 5.22. The molecule has 1 unspecified atom stereocenters. The quantitative estimate of drug-likeness (QED) is 0.929. The van der Waals surface area contributed by atoms with E-state index in [9.17, 15) is 4.79 Å². The number of amides is 1. The van der Waals surface area contributed by atoms with Crippen LogP contribution in [0, 0.1) is 0 Å². The first-order valence-corrected chi connectivity index (χ1v) is 8.34. The number of hydrogen-bond acceptors (Lipinski definition) is 5. The van der Waals surface area contributed by atoms with Crippen molar-refractivity contribution in [1.82, 2.24) is 15.2 Å². The van der Waals surface area contributed by atoms with Gasteiger partial charge in [-0.05, 0) is 33.6 Å². The van der Waals surface area contributed by atoms with Crippen LogP contribution in [0.25, 0.3) is 0 Å². The van der Waals surface area contributed by atoms with Gasteiger partial charge >= 0.3 is 6.09 Å². The number of carbonyl (C=O) groups excluding carboxylic acids is 1.